The molecule has 8 heteroatoms. The van der Waals surface area contributed by atoms with E-state index in [2.05, 4.69) is 9.97 Å². The fourth-order valence-corrected chi connectivity index (χ4v) is 1.70. The number of halogens is 2. The molecule has 0 aliphatic rings. The predicted molar refractivity (Wildman–Crippen MR) is 71.7 cm³/mol. The van der Waals surface area contributed by atoms with Gasteiger partial charge >= 0.3 is 5.09 Å². The zero-order valence-electron chi connectivity index (χ0n) is 10.2. The molecule has 0 amide bonds. The fraction of sp³-hybridized carbons (Fsp3) is 0.167. The second-order valence-electron chi connectivity index (χ2n) is 3.67. The van der Waals surface area contributed by atoms with Crippen LogP contribution in [-0.4, -0.2) is 15.1 Å². The second-order valence-corrected chi connectivity index (χ2v) is 4.45. The first-order valence-corrected chi connectivity index (χ1v) is 6.35. The lowest BCUT2D eigenvalue weighted by molar-refractivity contribution is -0.987. The SMILES string of the molecule is O=[N+](OCc1cccc(Cl)n1)OCc1cccc(Cl)n1. The largest absolute Gasteiger partial charge is 0.478 e. The van der Waals surface area contributed by atoms with Crippen LogP contribution in [0.25, 0.3) is 0 Å². The Kier molecular flexibility index (Phi) is 5.09. The highest BCUT2D eigenvalue weighted by atomic mass is 35.5. The van der Waals surface area contributed by atoms with Gasteiger partial charge in [-0.15, -0.1) is 0 Å². The van der Waals surface area contributed by atoms with Gasteiger partial charge in [-0.3, -0.25) is 0 Å². The lowest BCUT2D eigenvalue weighted by Crippen LogP contribution is -2.11. The highest BCUT2D eigenvalue weighted by Gasteiger charge is 2.14. The third-order valence-corrected chi connectivity index (χ3v) is 2.60. The number of rotatable bonds is 6. The summed E-state index contributed by atoms with van der Waals surface area (Å²) in [5, 5.41) is 0.658. The van der Waals surface area contributed by atoms with E-state index in [4.69, 9.17) is 32.9 Å². The van der Waals surface area contributed by atoms with Crippen LogP contribution < -0.4 is 0 Å². The molecule has 0 fully saturated rings. The standard InChI is InChI=1S/C12H10Cl2N3O3/c13-11-5-1-3-9(15-11)7-19-17(18)20-8-10-4-2-6-12(14)16-10/h1-6H,7-8H2/q+1. The number of aromatic nitrogens is 2. The maximum absolute atomic E-state index is 11.3. The minimum atomic E-state index is -0.0486. The van der Waals surface area contributed by atoms with Crippen LogP contribution in [0.3, 0.4) is 0 Å². The van der Waals surface area contributed by atoms with Crippen molar-refractivity contribution in [1.82, 2.24) is 9.97 Å². The van der Waals surface area contributed by atoms with E-state index in [9.17, 15) is 4.91 Å². The number of hydrogen-bond donors (Lipinski definition) is 0. The van der Waals surface area contributed by atoms with Gasteiger partial charge in [0.05, 0.1) is 11.4 Å². The van der Waals surface area contributed by atoms with E-state index in [1.165, 1.54) is 0 Å². The summed E-state index contributed by atoms with van der Waals surface area (Å²) in [5.41, 5.74) is 1.03. The molecule has 0 unspecified atom stereocenters. The second kappa shape index (κ2) is 7.02. The highest BCUT2D eigenvalue weighted by Crippen LogP contribution is 2.08. The van der Waals surface area contributed by atoms with Gasteiger partial charge < -0.3 is 0 Å². The lowest BCUT2D eigenvalue weighted by Gasteiger charge is -1.97. The van der Waals surface area contributed by atoms with Crippen molar-refractivity contribution in [1.29, 1.82) is 0 Å². The molecule has 0 radical (unpaired) electrons. The average Bonchev–Trinajstić information content (AvgIpc) is 2.43. The van der Waals surface area contributed by atoms with Crippen LogP contribution in [0.4, 0.5) is 0 Å². The minimum Gasteiger partial charge on any atom is -0.237 e. The number of hydrogen-bond acceptors (Lipinski definition) is 5. The van der Waals surface area contributed by atoms with Gasteiger partial charge in [-0.05, 0) is 24.3 Å². The van der Waals surface area contributed by atoms with E-state index in [-0.39, 0.29) is 18.3 Å². The van der Waals surface area contributed by atoms with E-state index in [0.29, 0.717) is 21.7 Å². The monoisotopic (exact) mass is 314 g/mol. The minimum absolute atomic E-state index is 0.00513. The van der Waals surface area contributed by atoms with E-state index in [1.54, 1.807) is 36.4 Å². The molecule has 20 heavy (non-hydrogen) atoms. The summed E-state index contributed by atoms with van der Waals surface area (Å²) in [6.45, 7) is -0.0972. The van der Waals surface area contributed by atoms with Crippen molar-refractivity contribution in [2.45, 2.75) is 13.2 Å². The fourth-order valence-electron chi connectivity index (χ4n) is 1.34. The molecule has 0 aliphatic heterocycles. The Morgan fingerprint density at radius 3 is 1.75 bits per heavy atom. The Morgan fingerprint density at radius 1 is 0.900 bits per heavy atom. The van der Waals surface area contributed by atoms with Crippen LogP contribution in [0, 0.1) is 4.91 Å². The van der Waals surface area contributed by atoms with Gasteiger partial charge in [0.1, 0.15) is 15.2 Å². The summed E-state index contributed by atoms with van der Waals surface area (Å²) >= 11 is 11.4. The summed E-state index contributed by atoms with van der Waals surface area (Å²) in [6.07, 6.45) is 0. The number of pyridine rings is 2. The first-order chi connectivity index (χ1) is 9.63. The maximum Gasteiger partial charge on any atom is 0.478 e. The van der Waals surface area contributed by atoms with Crippen LogP contribution in [0.2, 0.25) is 10.3 Å². The maximum atomic E-state index is 11.3. The van der Waals surface area contributed by atoms with Crippen LogP contribution in [0.5, 0.6) is 0 Å². The quantitative estimate of drug-likeness (QED) is 0.605. The first kappa shape index (κ1) is 14.5. The third kappa shape index (κ3) is 4.64. The molecule has 0 aromatic carbocycles. The van der Waals surface area contributed by atoms with Gasteiger partial charge in [-0.1, -0.05) is 35.3 Å². The molecule has 0 saturated carbocycles. The summed E-state index contributed by atoms with van der Waals surface area (Å²) in [6, 6.07) is 10.0. The molecule has 2 heterocycles. The zero-order chi connectivity index (χ0) is 14.4. The van der Waals surface area contributed by atoms with Gasteiger partial charge in [-0.25, -0.2) is 9.97 Å². The van der Waals surface area contributed by atoms with Gasteiger partial charge in [0.25, 0.3) is 0 Å². The summed E-state index contributed by atoms with van der Waals surface area (Å²) in [4.78, 5) is 28.9. The van der Waals surface area contributed by atoms with Crippen LogP contribution in [0.15, 0.2) is 36.4 Å². The van der Waals surface area contributed by atoms with Gasteiger partial charge in [0, 0.05) is 0 Å². The van der Waals surface area contributed by atoms with Crippen LogP contribution in [-0.2, 0) is 22.9 Å². The average molecular weight is 315 g/mol. The number of nitrogens with zero attached hydrogens (tertiary/aromatic N) is 3. The van der Waals surface area contributed by atoms with Crippen molar-refractivity contribution in [3.8, 4) is 0 Å². The molecule has 6 nitrogen and oxygen atoms in total. The zero-order valence-corrected chi connectivity index (χ0v) is 11.7. The van der Waals surface area contributed by atoms with Crippen LogP contribution in [0.1, 0.15) is 11.4 Å². The van der Waals surface area contributed by atoms with E-state index >= 15 is 0 Å². The Labute approximate surface area is 124 Å². The van der Waals surface area contributed by atoms with Crippen molar-refractivity contribution in [3.05, 3.63) is 63.0 Å². The molecule has 0 saturated heterocycles. The molecule has 0 N–H and O–H groups in total. The summed E-state index contributed by atoms with van der Waals surface area (Å²) < 4.78 is 0. The van der Waals surface area contributed by atoms with E-state index in [1.807, 2.05) is 0 Å². The third-order valence-electron chi connectivity index (χ3n) is 2.18. The first-order valence-electron chi connectivity index (χ1n) is 5.59. The van der Waals surface area contributed by atoms with Crippen molar-refractivity contribution >= 4 is 23.2 Å². The topological polar surface area (TPSA) is 64.3 Å². The van der Waals surface area contributed by atoms with Crippen molar-refractivity contribution in [2.24, 2.45) is 0 Å². The van der Waals surface area contributed by atoms with Gasteiger partial charge in [0.15, 0.2) is 0 Å². The normalized spacial score (nSPS) is 10.1. The molecule has 0 atom stereocenters. The van der Waals surface area contributed by atoms with Gasteiger partial charge in [0.2, 0.25) is 13.2 Å². The van der Waals surface area contributed by atoms with Crippen molar-refractivity contribution in [3.63, 3.8) is 0 Å². The lowest BCUT2D eigenvalue weighted by atomic mass is 10.4. The molecule has 0 bridgehead atoms. The highest BCUT2D eigenvalue weighted by molar-refractivity contribution is 6.29. The molecule has 104 valence electrons. The van der Waals surface area contributed by atoms with Gasteiger partial charge in [-0.2, -0.15) is 9.68 Å². The summed E-state index contributed by atoms with van der Waals surface area (Å²) in [5.74, 6) is 0. The molecule has 2 aromatic rings. The van der Waals surface area contributed by atoms with Crippen molar-refractivity contribution in [2.75, 3.05) is 0 Å². The van der Waals surface area contributed by atoms with Crippen LogP contribution >= 0.6 is 23.2 Å². The van der Waals surface area contributed by atoms with Crippen molar-refractivity contribution < 1.29 is 14.8 Å². The molecular formula is C12H10Cl2N3O3+. The molecule has 2 aromatic heterocycles. The Balaban J connectivity index is 1.78. The Hall–Kier alpha value is -1.92. The molecular weight excluding hydrogens is 305 g/mol. The molecule has 0 aliphatic carbocycles. The Bertz CT molecular complexity index is 559. The summed E-state index contributed by atoms with van der Waals surface area (Å²) in [7, 11) is 0. The molecule has 0 spiro atoms. The smallest absolute Gasteiger partial charge is 0.237 e. The molecule has 2 rings (SSSR count). The van der Waals surface area contributed by atoms with E-state index in [0.717, 1.165) is 0 Å². The van der Waals surface area contributed by atoms with E-state index < -0.39 is 0 Å². The predicted octanol–water partition coefficient (Wildman–Crippen LogP) is 3.13. The Morgan fingerprint density at radius 2 is 1.35 bits per heavy atom.